The molecule has 1 heterocycles. The average Bonchev–Trinajstić information content (AvgIpc) is 2.91. The van der Waals surface area contributed by atoms with E-state index in [4.69, 9.17) is 14.6 Å². The summed E-state index contributed by atoms with van der Waals surface area (Å²) in [5, 5.41) is 29.0. The van der Waals surface area contributed by atoms with Gasteiger partial charge in [0, 0.05) is 11.0 Å². The van der Waals surface area contributed by atoms with Crippen LogP contribution in [-0.4, -0.2) is 58.8 Å². The summed E-state index contributed by atoms with van der Waals surface area (Å²) in [6.45, 7) is 6.73. The standard InChI is InChI=1S/C20H26O7/c1-10-4-5-14(23)20(3)8-13(26-19(25)12(9-22)6-7-21)15-11(2)18(24)27-17(15)16(10)20/h6,13-15,17,21-23H,2,4-5,7-9H2,1,3H3. The van der Waals surface area contributed by atoms with Crippen molar-refractivity contribution < 1.29 is 34.4 Å². The fraction of sp³-hybridized carbons (Fsp3) is 0.600. The summed E-state index contributed by atoms with van der Waals surface area (Å²) in [5.74, 6) is -1.82. The molecule has 0 bridgehead atoms. The van der Waals surface area contributed by atoms with Crippen molar-refractivity contribution in [1.82, 2.24) is 0 Å². The molecule has 5 unspecified atom stereocenters. The first-order valence-corrected chi connectivity index (χ1v) is 9.14. The predicted octanol–water partition coefficient (Wildman–Crippen LogP) is 0.788. The van der Waals surface area contributed by atoms with Crippen LogP contribution in [0.4, 0.5) is 0 Å². The normalized spacial score (nSPS) is 36.3. The minimum absolute atomic E-state index is 0.0585. The number of carbonyl (C=O) groups excluding carboxylic acids is 2. The van der Waals surface area contributed by atoms with E-state index in [2.05, 4.69) is 6.58 Å². The number of fused-ring (bicyclic) bond motifs is 3. The van der Waals surface area contributed by atoms with Gasteiger partial charge in [-0.3, -0.25) is 0 Å². The van der Waals surface area contributed by atoms with E-state index < -0.39 is 54.8 Å². The molecule has 0 radical (unpaired) electrons. The Morgan fingerprint density at radius 3 is 2.78 bits per heavy atom. The van der Waals surface area contributed by atoms with Crippen molar-refractivity contribution in [3.8, 4) is 0 Å². The van der Waals surface area contributed by atoms with Gasteiger partial charge in [0.15, 0.2) is 0 Å². The molecule has 1 saturated carbocycles. The summed E-state index contributed by atoms with van der Waals surface area (Å²) >= 11 is 0. The summed E-state index contributed by atoms with van der Waals surface area (Å²) < 4.78 is 11.2. The molecule has 148 valence electrons. The Kier molecular flexibility index (Phi) is 5.29. The van der Waals surface area contributed by atoms with Gasteiger partial charge in [0.05, 0.1) is 30.8 Å². The maximum Gasteiger partial charge on any atom is 0.336 e. The van der Waals surface area contributed by atoms with Crippen LogP contribution in [0.15, 0.2) is 34.9 Å². The third kappa shape index (κ3) is 3.13. The molecule has 0 spiro atoms. The molecule has 0 amide bonds. The molecule has 2 aliphatic carbocycles. The zero-order valence-electron chi connectivity index (χ0n) is 15.6. The molecule has 3 N–H and O–H groups in total. The van der Waals surface area contributed by atoms with E-state index in [0.717, 1.165) is 17.6 Å². The Bertz CT molecular complexity index is 735. The van der Waals surface area contributed by atoms with Gasteiger partial charge in [0.1, 0.15) is 12.2 Å². The molecule has 5 atom stereocenters. The molecule has 7 nitrogen and oxygen atoms in total. The molecular formula is C20H26O7. The number of ether oxygens (including phenoxy) is 2. The van der Waals surface area contributed by atoms with Crippen LogP contribution in [0.25, 0.3) is 0 Å². The Balaban J connectivity index is 1.99. The summed E-state index contributed by atoms with van der Waals surface area (Å²) in [6.07, 6.45) is 0.821. The van der Waals surface area contributed by atoms with Gasteiger partial charge in [-0.1, -0.05) is 19.1 Å². The number of aliphatic hydroxyl groups is 3. The van der Waals surface area contributed by atoms with Crippen molar-refractivity contribution in [1.29, 1.82) is 0 Å². The van der Waals surface area contributed by atoms with Crippen LogP contribution in [0.1, 0.15) is 33.1 Å². The van der Waals surface area contributed by atoms with Crippen molar-refractivity contribution >= 4 is 11.9 Å². The van der Waals surface area contributed by atoms with Gasteiger partial charge in [-0.2, -0.15) is 0 Å². The number of aliphatic hydroxyl groups excluding tert-OH is 3. The van der Waals surface area contributed by atoms with Crippen molar-refractivity contribution in [3.05, 3.63) is 34.9 Å². The fourth-order valence-corrected chi connectivity index (χ4v) is 4.72. The first-order valence-electron chi connectivity index (χ1n) is 9.14. The summed E-state index contributed by atoms with van der Waals surface area (Å²) in [5.41, 5.74) is 1.49. The van der Waals surface area contributed by atoms with Gasteiger partial charge < -0.3 is 24.8 Å². The van der Waals surface area contributed by atoms with E-state index >= 15 is 0 Å². The van der Waals surface area contributed by atoms with E-state index in [-0.39, 0.29) is 11.1 Å². The first-order chi connectivity index (χ1) is 12.7. The quantitative estimate of drug-likeness (QED) is 0.376. The van der Waals surface area contributed by atoms with Crippen LogP contribution in [0.3, 0.4) is 0 Å². The average molecular weight is 378 g/mol. The zero-order chi connectivity index (χ0) is 19.9. The second-order valence-electron chi connectivity index (χ2n) is 7.76. The number of hydrogen-bond donors (Lipinski definition) is 3. The molecule has 0 aromatic rings. The number of rotatable bonds is 4. The Morgan fingerprint density at radius 1 is 1.44 bits per heavy atom. The molecule has 2 fully saturated rings. The fourth-order valence-electron chi connectivity index (χ4n) is 4.72. The molecule has 1 saturated heterocycles. The van der Waals surface area contributed by atoms with Crippen molar-refractivity contribution in [3.63, 3.8) is 0 Å². The zero-order valence-corrected chi connectivity index (χ0v) is 15.6. The monoisotopic (exact) mass is 378 g/mol. The topological polar surface area (TPSA) is 113 Å². The molecule has 0 aromatic carbocycles. The maximum absolute atomic E-state index is 12.4. The van der Waals surface area contributed by atoms with E-state index in [1.807, 2.05) is 13.8 Å². The van der Waals surface area contributed by atoms with E-state index in [9.17, 15) is 19.8 Å². The second-order valence-corrected chi connectivity index (χ2v) is 7.76. The lowest BCUT2D eigenvalue weighted by Gasteiger charge is -2.50. The van der Waals surface area contributed by atoms with E-state index in [0.29, 0.717) is 12.8 Å². The van der Waals surface area contributed by atoms with E-state index in [1.165, 1.54) is 6.08 Å². The second kappa shape index (κ2) is 7.22. The lowest BCUT2D eigenvalue weighted by atomic mass is 9.58. The van der Waals surface area contributed by atoms with Crippen LogP contribution in [0.2, 0.25) is 0 Å². The highest BCUT2D eigenvalue weighted by Gasteiger charge is 2.59. The molecule has 3 aliphatic rings. The van der Waals surface area contributed by atoms with Crippen LogP contribution in [0, 0.1) is 11.3 Å². The van der Waals surface area contributed by atoms with Crippen LogP contribution in [-0.2, 0) is 19.1 Å². The number of esters is 2. The maximum atomic E-state index is 12.4. The number of hydrogen-bond acceptors (Lipinski definition) is 7. The smallest absolute Gasteiger partial charge is 0.336 e. The summed E-state index contributed by atoms with van der Waals surface area (Å²) in [7, 11) is 0. The third-order valence-electron chi connectivity index (χ3n) is 6.17. The predicted molar refractivity (Wildman–Crippen MR) is 95.3 cm³/mol. The largest absolute Gasteiger partial charge is 0.458 e. The molecule has 1 aliphatic heterocycles. The van der Waals surface area contributed by atoms with Crippen LogP contribution in [0.5, 0.6) is 0 Å². The van der Waals surface area contributed by atoms with E-state index in [1.54, 1.807) is 0 Å². The van der Waals surface area contributed by atoms with Crippen LogP contribution < -0.4 is 0 Å². The van der Waals surface area contributed by atoms with Gasteiger partial charge in [0.25, 0.3) is 0 Å². The van der Waals surface area contributed by atoms with Gasteiger partial charge in [-0.05, 0) is 37.8 Å². The lowest BCUT2D eigenvalue weighted by Crippen LogP contribution is -2.53. The van der Waals surface area contributed by atoms with Gasteiger partial charge in [0.2, 0.25) is 0 Å². The molecule has 7 heteroatoms. The van der Waals surface area contributed by atoms with Gasteiger partial charge >= 0.3 is 11.9 Å². The SMILES string of the molecule is C=C1C(=O)OC2C3=C(C)CCC(O)C3(C)CC(OC(=O)C(=CCO)CO)C12. The summed E-state index contributed by atoms with van der Waals surface area (Å²) in [6, 6.07) is 0. The Hall–Kier alpha value is -1.96. The van der Waals surface area contributed by atoms with Crippen molar-refractivity contribution in [2.75, 3.05) is 13.2 Å². The molecular weight excluding hydrogens is 352 g/mol. The molecule has 27 heavy (non-hydrogen) atoms. The minimum Gasteiger partial charge on any atom is -0.458 e. The first kappa shape index (κ1) is 19.8. The van der Waals surface area contributed by atoms with Crippen molar-refractivity contribution in [2.45, 2.75) is 51.4 Å². The third-order valence-corrected chi connectivity index (χ3v) is 6.17. The minimum atomic E-state index is -0.763. The highest BCUT2D eigenvalue weighted by molar-refractivity contribution is 5.92. The highest BCUT2D eigenvalue weighted by atomic mass is 16.6. The molecule has 0 aromatic heterocycles. The van der Waals surface area contributed by atoms with Gasteiger partial charge in [-0.25, -0.2) is 9.59 Å². The lowest BCUT2D eigenvalue weighted by molar-refractivity contribution is -0.155. The number of allylic oxidation sites excluding steroid dienone is 1. The summed E-state index contributed by atoms with van der Waals surface area (Å²) in [4.78, 5) is 24.6. The Morgan fingerprint density at radius 2 is 2.15 bits per heavy atom. The van der Waals surface area contributed by atoms with Gasteiger partial charge in [-0.15, -0.1) is 0 Å². The molecule has 3 rings (SSSR count). The van der Waals surface area contributed by atoms with Crippen molar-refractivity contribution in [2.24, 2.45) is 11.3 Å². The number of carbonyl (C=O) groups is 2. The Labute approximate surface area is 158 Å². The highest BCUT2D eigenvalue weighted by Crippen LogP contribution is 2.56. The van der Waals surface area contributed by atoms with Crippen LogP contribution >= 0.6 is 0 Å².